The zero-order valence-electron chi connectivity index (χ0n) is 14.2. The van der Waals surface area contributed by atoms with Gasteiger partial charge in [-0.15, -0.1) is 0 Å². The maximum atomic E-state index is 12.4. The van der Waals surface area contributed by atoms with Crippen molar-refractivity contribution in [1.29, 1.82) is 5.26 Å². The molecule has 0 saturated heterocycles. The van der Waals surface area contributed by atoms with E-state index in [-0.39, 0.29) is 16.9 Å². The second kappa shape index (κ2) is 8.79. The normalized spacial score (nSPS) is 10.9. The first-order chi connectivity index (χ1) is 12.8. The van der Waals surface area contributed by atoms with Crippen molar-refractivity contribution >= 4 is 55.2 Å². The lowest BCUT2D eigenvalue weighted by molar-refractivity contribution is -0.384. The molecule has 0 aromatic heterocycles. The minimum atomic E-state index is -0.743. The summed E-state index contributed by atoms with van der Waals surface area (Å²) in [6, 6.07) is 9.60. The number of nitro benzene ring substituents is 1. The topological polar surface area (TPSA) is 105 Å². The molecule has 1 amide bonds. The third-order valence-corrected chi connectivity index (χ3v) is 4.68. The molecule has 0 radical (unpaired) electrons. The predicted molar refractivity (Wildman–Crippen MR) is 108 cm³/mol. The molecule has 2 aromatic rings. The number of aryl methyl sites for hydroxylation is 1. The first kappa shape index (κ1) is 20.6. The van der Waals surface area contributed by atoms with Crippen LogP contribution in [0.1, 0.15) is 11.1 Å². The summed E-state index contributed by atoms with van der Waals surface area (Å²) in [7, 11) is 1.52. The number of nitrogens with one attached hydrogen (secondary N) is 1. The molecule has 27 heavy (non-hydrogen) atoms. The predicted octanol–water partition coefficient (Wildman–Crippen LogP) is 4.98. The van der Waals surface area contributed by atoms with Gasteiger partial charge in [0, 0.05) is 6.07 Å². The molecule has 2 aromatic carbocycles. The summed E-state index contributed by atoms with van der Waals surface area (Å²) in [4.78, 5) is 23.0. The van der Waals surface area contributed by atoms with Crippen molar-refractivity contribution in [3.63, 3.8) is 0 Å². The van der Waals surface area contributed by atoms with E-state index in [1.54, 1.807) is 25.1 Å². The van der Waals surface area contributed by atoms with Gasteiger partial charge in [0.05, 0.1) is 21.0 Å². The third-order valence-electron chi connectivity index (χ3n) is 3.50. The molecule has 0 aliphatic rings. The van der Waals surface area contributed by atoms with E-state index in [9.17, 15) is 20.2 Å². The molecule has 9 heteroatoms. The fourth-order valence-corrected chi connectivity index (χ4v) is 3.81. The molecule has 7 nitrogen and oxygen atoms in total. The van der Waals surface area contributed by atoms with Gasteiger partial charge in [-0.25, -0.2) is 0 Å². The van der Waals surface area contributed by atoms with Gasteiger partial charge in [0.2, 0.25) is 0 Å². The Morgan fingerprint density at radius 3 is 2.44 bits per heavy atom. The largest absolute Gasteiger partial charge is 0.494 e. The van der Waals surface area contributed by atoms with Crippen LogP contribution >= 0.6 is 31.9 Å². The van der Waals surface area contributed by atoms with Crippen LogP contribution in [0.5, 0.6) is 5.75 Å². The average Bonchev–Trinajstić information content (AvgIpc) is 2.60. The standard InChI is InChI=1S/C18H13Br2N3O4/c1-10-3-4-15(16(5-10)23(25)26)22-18(24)12(9-21)6-11-7-13(19)17(27-2)14(20)8-11/h3-8H,1-2H3,(H,22,24)/b12-6+. The maximum Gasteiger partial charge on any atom is 0.293 e. The highest BCUT2D eigenvalue weighted by Crippen LogP contribution is 2.35. The Hall–Kier alpha value is -2.70. The van der Waals surface area contributed by atoms with Gasteiger partial charge in [-0.1, -0.05) is 6.07 Å². The van der Waals surface area contributed by atoms with E-state index < -0.39 is 10.8 Å². The van der Waals surface area contributed by atoms with Crippen molar-refractivity contribution in [2.24, 2.45) is 0 Å². The Morgan fingerprint density at radius 1 is 1.30 bits per heavy atom. The Balaban J connectivity index is 2.36. The van der Waals surface area contributed by atoms with Crippen molar-refractivity contribution in [3.05, 3.63) is 66.1 Å². The molecule has 138 valence electrons. The average molecular weight is 495 g/mol. The Morgan fingerprint density at radius 2 is 1.93 bits per heavy atom. The molecule has 0 heterocycles. The van der Waals surface area contributed by atoms with Crippen LogP contribution < -0.4 is 10.1 Å². The van der Waals surface area contributed by atoms with Crippen LogP contribution in [-0.4, -0.2) is 17.9 Å². The maximum absolute atomic E-state index is 12.4. The quantitative estimate of drug-likeness (QED) is 0.273. The van der Waals surface area contributed by atoms with Crippen molar-refractivity contribution in [2.45, 2.75) is 6.92 Å². The Bertz CT molecular complexity index is 974. The van der Waals surface area contributed by atoms with Crippen LogP contribution in [0.2, 0.25) is 0 Å². The number of ether oxygens (including phenoxy) is 1. The summed E-state index contributed by atoms with van der Waals surface area (Å²) < 4.78 is 6.48. The van der Waals surface area contributed by atoms with E-state index in [1.807, 2.05) is 6.07 Å². The summed E-state index contributed by atoms with van der Waals surface area (Å²) in [6.07, 6.45) is 1.38. The van der Waals surface area contributed by atoms with Gasteiger partial charge in [-0.3, -0.25) is 14.9 Å². The minimum Gasteiger partial charge on any atom is -0.494 e. The molecule has 0 unspecified atom stereocenters. The van der Waals surface area contributed by atoms with Crippen LogP contribution in [0.25, 0.3) is 6.08 Å². The molecule has 1 N–H and O–H groups in total. The summed E-state index contributed by atoms with van der Waals surface area (Å²) >= 11 is 6.70. The number of hydrogen-bond acceptors (Lipinski definition) is 5. The van der Waals surface area contributed by atoms with Crippen LogP contribution in [0.15, 0.2) is 44.9 Å². The van der Waals surface area contributed by atoms with Crippen LogP contribution in [0.3, 0.4) is 0 Å². The van der Waals surface area contributed by atoms with E-state index in [4.69, 9.17) is 4.74 Å². The highest BCUT2D eigenvalue weighted by Gasteiger charge is 2.18. The number of rotatable bonds is 5. The molecule has 0 atom stereocenters. The number of nitro groups is 1. The first-order valence-electron chi connectivity index (χ1n) is 7.48. The zero-order valence-corrected chi connectivity index (χ0v) is 17.4. The number of methoxy groups -OCH3 is 1. The lowest BCUT2D eigenvalue weighted by Crippen LogP contribution is -2.14. The second-order valence-corrected chi connectivity index (χ2v) is 7.13. The number of benzene rings is 2. The molecular formula is C18H13Br2N3O4. The molecule has 0 bridgehead atoms. The molecule has 0 aliphatic heterocycles. The lowest BCUT2D eigenvalue weighted by atomic mass is 10.1. The minimum absolute atomic E-state index is 0.0221. The van der Waals surface area contributed by atoms with E-state index in [1.165, 1.54) is 25.3 Å². The monoisotopic (exact) mass is 493 g/mol. The Kier molecular flexibility index (Phi) is 6.71. The number of anilines is 1. The smallest absolute Gasteiger partial charge is 0.293 e. The zero-order chi connectivity index (χ0) is 20.1. The van der Waals surface area contributed by atoms with E-state index >= 15 is 0 Å². The number of nitrogens with zero attached hydrogens (tertiary/aromatic N) is 2. The highest BCUT2D eigenvalue weighted by molar-refractivity contribution is 9.11. The molecule has 2 rings (SSSR count). The van der Waals surface area contributed by atoms with Crippen LogP contribution in [0, 0.1) is 28.4 Å². The van der Waals surface area contributed by atoms with Crippen molar-refractivity contribution in [3.8, 4) is 11.8 Å². The summed E-state index contributed by atoms with van der Waals surface area (Å²) in [6.45, 7) is 1.71. The van der Waals surface area contributed by atoms with Gasteiger partial charge in [0.15, 0.2) is 0 Å². The van der Waals surface area contributed by atoms with Gasteiger partial charge >= 0.3 is 0 Å². The third kappa shape index (κ3) is 4.93. The molecule has 0 fully saturated rings. The van der Waals surface area contributed by atoms with Crippen molar-refractivity contribution in [1.82, 2.24) is 0 Å². The van der Waals surface area contributed by atoms with E-state index in [0.717, 1.165) is 0 Å². The molecular weight excluding hydrogens is 482 g/mol. The van der Waals surface area contributed by atoms with Gasteiger partial charge in [-0.05, 0) is 74.2 Å². The van der Waals surface area contributed by atoms with Crippen LogP contribution in [0.4, 0.5) is 11.4 Å². The number of nitriles is 1. The van der Waals surface area contributed by atoms with Crippen molar-refractivity contribution < 1.29 is 14.5 Å². The fourth-order valence-electron chi connectivity index (χ4n) is 2.26. The first-order valence-corrected chi connectivity index (χ1v) is 9.06. The molecule has 0 spiro atoms. The summed E-state index contributed by atoms with van der Waals surface area (Å²) in [5, 5.41) is 22.9. The molecule has 0 aliphatic carbocycles. The summed E-state index contributed by atoms with van der Waals surface area (Å²) in [5.74, 6) is -0.169. The van der Waals surface area contributed by atoms with Crippen molar-refractivity contribution in [2.75, 3.05) is 12.4 Å². The fraction of sp³-hybridized carbons (Fsp3) is 0.111. The van der Waals surface area contributed by atoms with Gasteiger partial charge in [0.25, 0.3) is 11.6 Å². The SMILES string of the molecule is COc1c(Br)cc(/C=C(\C#N)C(=O)Nc2ccc(C)cc2[N+](=O)[O-])cc1Br. The van der Waals surface area contributed by atoms with E-state index in [0.29, 0.717) is 25.8 Å². The van der Waals surface area contributed by atoms with Crippen LogP contribution in [-0.2, 0) is 4.79 Å². The second-order valence-electron chi connectivity index (χ2n) is 5.42. The van der Waals surface area contributed by atoms with Gasteiger partial charge < -0.3 is 10.1 Å². The number of carbonyl (C=O) groups is 1. The van der Waals surface area contributed by atoms with E-state index in [2.05, 4.69) is 37.2 Å². The number of carbonyl (C=O) groups excluding carboxylic acids is 1. The number of hydrogen-bond donors (Lipinski definition) is 1. The number of amides is 1. The molecule has 0 saturated carbocycles. The highest BCUT2D eigenvalue weighted by atomic mass is 79.9. The van der Waals surface area contributed by atoms with Gasteiger partial charge in [-0.2, -0.15) is 5.26 Å². The Labute approximate surface area is 172 Å². The van der Waals surface area contributed by atoms with Gasteiger partial charge in [0.1, 0.15) is 23.1 Å². The number of halogens is 2. The lowest BCUT2D eigenvalue weighted by Gasteiger charge is -2.08. The summed E-state index contributed by atoms with van der Waals surface area (Å²) in [5.41, 5.74) is 0.835.